The smallest absolute Gasteiger partial charge is 0.412 e. The molecule has 7 nitrogen and oxygen atoms in total. The number of hydrogen-bond donors (Lipinski definition) is 3. The molecular formula is C21H22F2N4O3. The van der Waals surface area contributed by atoms with E-state index in [-0.39, 0.29) is 6.02 Å². The standard InChI is InChI=1S/C21H22F2N4O3/c1-20(12-21(7-2-8-21)30-18(27-20)26-19(28)29)16-9-14(5-6-17(16)23)25-11-15-4-3-13(22)10-24-15/h3-6,9-10,25H,2,7-8,11-12H2,1H3,(H,26,27)(H,28,29)/t20-/m0/s1. The lowest BCUT2D eigenvalue weighted by atomic mass is 9.69. The van der Waals surface area contributed by atoms with Crippen LogP contribution in [-0.2, 0) is 16.8 Å². The number of rotatable bonds is 4. The Morgan fingerprint density at radius 2 is 2.07 bits per heavy atom. The van der Waals surface area contributed by atoms with E-state index in [1.165, 1.54) is 12.1 Å². The van der Waals surface area contributed by atoms with Gasteiger partial charge in [0.15, 0.2) is 0 Å². The Labute approximate surface area is 172 Å². The summed E-state index contributed by atoms with van der Waals surface area (Å²) in [5.74, 6) is -0.846. The quantitative estimate of drug-likeness (QED) is 0.696. The van der Waals surface area contributed by atoms with Crippen LogP contribution in [0, 0.1) is 11.6 Å². The van der Waals surface area contributed by atoms with Crippen LogP contribution in [0.2, 0.25) is 0 Å². The van der Waals surface area contributed by atoms with Crippen molar-refractivity contribution in [3.8, 4) is 0 Å². The maximum atomic E-state index is 14.8. The zero-order valence-electron chi connectivity index (χ0n) is 16.4. The third-order valence-corrected chi connectivity index (χ3v) is 5.62. The SMILES string of the molecule is C[C@@]1(c2cc(NCc3ccc(F)cn3)ccc2F)CC2(CCC2)OC(NC(=O)O)=N1. The Hall–Kier alpha value is -3.23. The number of benzene rings is 1. The van der Waals surface area contributed by atoms with Crippen LogP contribution in [0.5, 0.6) is 0 Å². The molecular weight excluding hydrogens is 394 g/mol. The molecule has 2 aromatic rings. The van der Waals surface area contributed by atoms with Gasteiger partial charge in [-0.15, -0.1) is 0 Å². The van der Waals surface area contributed by atoms with Gasteiger partial charge in [0.05, 0.1) is 24.0 Å². The van der Waals surface area contributed by atoms with Gasteiger partial charge in [0.2, 0.25) is 0 Å². The Morgan fingerprint density at radius 3 is 2.70 bits per heavy atom. The summed E-state index contributed by atoms with van der Waals surface area (Å²) in [6.07, 6.45) is 2.79. The maximum Gasteiger partial charge on any atom is 0.412 e. The molecule has 30 heavy (non-hydrogen) atoms. The average Bonchev–Trinajstić information content (AvgIpc) is 2.66. The van der Waals surface area contributed by atoms with Crippen molar-refractivity contribution >= 4 is 17.8 Å². The number of amidine groups is 1. The fourth-order valence-corrected chi connectivity index (χ4v) is 4.06. The molecule has 1 saturated carbocycles. The molecule has 2 heterocycles. The first-order valence-electron chi connectivity index (χ1n) is 9.70. The van der Waals surface area contributed by atoms with Crippen molar-refractivity contribution in [1.29, 1.82) is 0 Å². The highest BCUT2D eigenvalue weighted by atomic mass is 19.1. The summed E-state index contributed by atoms with van der Waals surface area (Å²) in [5.41, 5.74) is 0.0998. The summed E-state index contributed by atoms with van der Waals surface area (Å²) in [4.78, 5) is 19.5. The number of carbonyl (C=O) groups is 1. The minimum Gasteiger partial charge on any atom is -0.465 e. The first-order valence-corrected chi connectivity index (χ1v) is 9.70. The van der Waals surface area contributed by atoms with Gasteiger partial charge in [-0.1, -0.05) is 0 Å². The van der Waals surface area contributed by atoms with E-state index < -0.39 is 28.9 Å². The predicted molar refractivity (Wildman–Crippen MR) is 106 cm³/mol. The molecule has 1 aliphatic heterocycles. The van der Waals surface area contributed by atoms with Gasteiger partial charge in [0.1, 0.15) is 17.2 Å². The van der Waals surface area contributed by atoms with E-state index in [2.05, 4.69) is 20.6 Å². The number of anilines is 1. The van der Waals surface area contributed by atoms with Gasteiger partial charge in [0.25, 0.3) is 6.02 Å². The van der Waals surface area contributed by atoms with Crippen molar-refractivity contribution in [2.75, 3.05) is 5.32 Å². The second-order valence-corrected chi connectivity index (χ2v) is 7.95. The summed E-state index contributed by atoms with van der Waals surface area (Å²) in [5, 5.41) is 14.4. The lowest BCUT2D eigenvalue weighted by Crippen LogP contribution is -2.54. The number of ether oxygens (including phenoxy) is 1. The zero-order chi connectivity index (χ0) is 21.4. The van der Waals surface area contributed by atoms with E-state index >= 15 is 0 Å². The van der Waals surface area contributed by atoms with Gasteiger partial charge >= 0.3 is 6.09 Å². The second kappa shape index (κ2) is 7.55. The number of hydrogen-bond acceptors (Lipinski definition) is 5. The molecule has 1 aromatic carbocycles. The number of pyridine rings is 1. The number of aromatic nitrogens is 1. The molecule has 1 aliphatic carbocycles. The highest BCUT2D eigenvalue weighted by Crippen LogP contribution is 2.49. The summed E-state index contributed by atoms with van der Waals surface area (Å²) in [6.45, 7) is 2.12. The molecule has 0 radical (unpaired) electrons. The monoisotopic (exact) mass is 416 g/mol. The molecule has 1 amide bonds. The van der Waals surface area contributed by atoms with Crippen LogP contribution >= 0.6 is 0 Å². The Bertz CT molecular complexity index is 992. The molecule has 9 heteroatoms. The average molecular weight is 416 g/mol. The number of nitrogens with zero attached hydrogens (tertiary/aromatic N) is 2. The molecule has 1 fully saturated rings. The first-order chi connectivity index (χ1) is 14.3. The van der Waals surface area contributed by atoms with E-state index in [9.17, 15) is 13.6 Å². The minimum atomic E-state index is -1.28. The van der Waals surface area contributed by atoms with E-state index in [1.54, 1.807) is 25.1 Å². The van der Waals surface area contributed by atoms with Crippen LogP contribution in [0.15, 0.2) is 41.5 Å². The van der Waals surface area contributed by atoms with Crippen LogP contribution in [-0.4, -0.2) is 27.8 Å². The normalized spacial score (nSPS) is 21.9. The minimum absolute atomic E-state index is 0.107. The fourth-order valence-electron chi connectivity index (χ4n) is 4.06. The van der Waals surface area contributed by atoms with E-state index in [4.69, 9.17) is 9.84 Å². The molecule has 0 saturated heterocycles. The molecule has 2 aliphatic rings. The first kappa shape index (κ1) is 20.1. The number of amides is 1. The van der Waals surface area contributed by atoms with Crippen molar-refractivity contribution in [1.82, 2.24) is 10.3 Å². The van der Waals surface area contributed by atoms with Gasteiger partial charge in [-0.2, -0.15) is 0 Å². The number of aliphatic imine (C=N–C) groups is 1. The van der Waals surface area contributed by atoms with Crippen molar-refractivity contribution in [2.24, 2.45) is 4.99 Å². The summed E-state index contributed by atoms with van der Waals surface area (Å²) in [7, 11) is 0. The van der Waals surface area contributed by atoms with Gasteiger partial charge in [-0.3, -0.25) is 4.98 Å². The van der Waals surface area contributed by atoms with Crippen LogP contribution < -0.4 is 10.6 Å². The molecule has 158 valence electrons. The molecule has 1 aromatic heterocycles. The molecule has 3 N–H and O–H groups in total. The van der Waals surface area contributed by atoms with Crippen LogP contribution in [0.25, 0.3) is 0 Å². The lowest BCUT2D eigenvalue weighted by Gasteiger charge is -2.49. The third-order valence-electron chi connectivity index (χ3n) is 5.62. The van der Waals surface area contributed by atoms with E-state index in [1.807, 2.05) is 0 Å². The highest BCUT2D eigenvalue weighted by molar-refractivity contribution is 5.90. The third kappa shape index (κ3) is 4.05. The molecule has 0 unspecified atom stereocenters. The van der Waals surface area contributed by atoms with Gasteiger partial charge < -0.3 is 15.2 Å². The molecule has 1 spiro atoms. The summed E-state index contributed by atoms with van der Waals surface area (Å²) >= 11 is 0. The van der Waals surface area contributed by atoms with E-state index in [0.717, 1.165) is 25.5 Å². The maximum absolute atomic E-state index is 14.8. The lowest BCUT2D eigenvalue weighted by molar-refractivity contribution is -0.0604. The number of halogens is 2. The van der Waals surface area contributed by atoms with Crippen molar-refractivity contribution in [2.45, 2.75) is 50.3 Å². The number of carboxylic acid groups (broad SMARTS) is 1. The van der Waals surface area contributed by atoms with Crippen LogP contribution in [0.4, 0.5) is 19.3 Å². The van der Waals surface area contributed by atoms with Crippen LogP contribution in [0.3, 0.4) is 0 Å². The predicted octanol–water partition coefficient (Wildman–Crippen LogP) is 4.15. The Kier molecular flexibility index (Phi) is 5.05. The second-order valence-electron chi connectivity index (χ2n) is 7.95. The Balaban J connectivity index is 1.61. The van der Waals surface area contributed by atoms with E-state index in [0.29, 0.717) is 29.9 Å². The molecule has 0 bridgehead atoms. The van der Waals surface area contributed by atoms with Crippen molar-refractivity contribution in [3.63, 3.8) is 0 Å². The highest BCUT2D eigenvalue weighted by Gasteiger charge is 2.50. The molecule has 4 rings (SSSR count). The molecule has 1 atom stereocenters. The van der Waals surface area contributed by atoms with Crippen LogP contribution in [0.1, 0.15) is 43.9 Å². The van der Waals surface area contributed by atoms with Gasteiger partial charge in [0, 0.05) is 17.7 Å². The Morgan fingerprint density at radius 1 is 1.27 bits per heavy atom. The van der Waals surface area contributed by atoms with Gasteiger partial charge in [-0.05, 0) is 56.5 Å². The summed E-state index contributed by atoms with van der Waals surface area (Å²) in [6, 6.07) is 7.41. The summed E-state index contributed by atoms with van der Waals surface area (Å²) < 4.78 is 33.7. The van der Waals surface area contributed by atoms with Crippen molar-refractivity contribution in [3.05, 3.63) is 59.4 Å². The number of nitrogens with one attached hydrogen (secondary N) is 2. The van der Waals surface area contributed by atoms with Gasteiger partial charge in [-0.25, -0.2) is 23.9 Å². The zero-order valence-corrected chi connectivity index (χ0v) is 16.4. The topological polar surface area (TPSA) is 95.8 Å². The van der Waals surface area contributed by atoms with Crippen molar-refractivity contribution < 1.29 is 23.4 Å². The fraction of sp³-hybridized carbons (Fsp3) is 0.381. The largest absolute Gasteiger partial charge is 0.465 e.